The van der Waals surface area contributed by atoms with Crippen LogP contribution in [0, 0.1) is 6.92 Å². The Bertz CT molecular complexity index is 417. The fourth-order valence-corrected chi connectivity index (χ4v) is 1.70. The van der Waals surface area contributed by atoms with E-state index in [0.717, 1.165) is 17.0 Å². The average Bonchev–Trinajstić information content (AvgIpc) is 2.39. The van der Waals surface area contributed by atoms with Gasteiger partial charge in [0.2, 0.25) is 5.91 Å². The number of methoxy groups -OCH3 is 1. The molecule has 1 atom stereocenters. The lowest BCUT2D eigenvalue weighted by Gasteiger charge is -2.14. The molecule has 0 aliphatic carbocycles. The second-order valence-corrected chi connectivity index (χ2v) is 4.26. The van der Waals surface area contributed by atoms with Crippen molar-refractivity contribution in [2.24, 2.45) is 5.73 Å². The highest BCUT2D eigenvalue weighted by Gasteiger charge is 2.12. The molecule has 0 aliphatic rings. The molecule has 0 radical (unpaired) electrons. The summed E-state index contributed by atoms with van der Waals surface area (Å²) in [5.41, 5.74) is 7.22. The van der Waals surface area contributed by atoms with Crippen molar-refractivity contribution in [2.75, 3.05) is 25.6 Å². The molecule has 1 aromatic rings. The van der Waals surface area contributed by atoms with Gasteiger partial charge < -0.3 is 20.5 Å². The standard InChI is InChI=1S/C14H22N2O3/c1-4-19-11-5-6-13(10(2)7-11)16-14(17)8-12(9-15)18-3/h5-7,12H,4,8-9,15H2,1-3H3,(H,16,17). The first-order valence-corrected chi connectivity index (χ1v) is 6.36. The first-order valence-electron chi connectivity index (χ1n) is 6.36. The van der Waals surface area contributed by atoms with Crippen LogP contribution in [-0.2, 0) is 9.53 Å². The Morgan fingerprint density at radius 2 is 2.21 bits per heavy atom. The summed E-state index contributed by atoms with van der Waals surface area (Å²) >= 11 is 0. The van der Waals surface area contributed by atoms with Gasteiger partial charge in [-0.05, 0) is 37.6 Å². The average molecular weight is 266 g/mol. The van der Waals surface area contributed by atoms with E-state index in [2.05, 4.69) is 5.32 Å². The topological polar surface area (TPSA) is 73.6 Å². The molecule has 1 rings (SSSR count). The Morgan fingerprint density at radius 3 is 2.74 bits per heavy atom. The van der Waals surface area contributed by atoms with Crippen LogP contribution in [0.1, 0.15) is 18.9 Å². The van der Waals surface area contributed by atoms with Crippen molar-refractivity contribution in [2.45, 2.75) is 26.4 Å². The quantitative estimate of drug-likeness (QED) is 0.787. The molecule has 0 fully saturated rings. The summed E-state index contributed by atoms with van der Waals surface area (Å²) in [5.74, 6) is 0.694. The third-order valence-corrected chi connectivity index (χ3v) is 2.79. The minimum atomic E-state index is -0.247. The van der Waals surface area contributed by atoms with Gasteiger partial charge in [-0.2, -0.15) is 0 Å². The molecular formula is C14H22N2O3. The third kappa shape index (κ3) is 4.89. The minimum absolute atomic E-state index is 0.107. The minimum Gasteiger partial charge on any atom is -0.494 e. The van der Waals surface area contributed by atoms with Gasteiger partial charge in [-0.15, -0.1) is 0 Å². The number of rotatable bonds is 7. The number of aryl methyl sites for hydroxylation is 1. The zero-order valence-electron chi connectivity index (χ0n) is 11.7. The van der Waals surface area contributed by atoms with E-state index in [4.69, 9.17) is 15.2 Å². The summed E-state index contributed by atoms with van der Waals surface area (Å²) < 4.78 is 10.5. The summed E-state index contributed by atoms with van der Waals surface area (Å²) in [6, 6.07) is 5.57. The Morgan fingerprint density at radius 1 is 1.47 bits per heavy atom. The number of nitrogens with two attached hydrogens (primary N) is 1. The predicted molar refractivity (Wildman–Crippen MR) is 75.4 cm³/mol. The largest absolute Gasteiger partial charge is 0.494 e. The van der Waals surface area contributed by atoms with Crippen LogP contribution in [0.3, 0.4) is 0 Å². The van der Waals surface area contributed by atoms with E-state index in [1.807, 2.05) is 32.0 Å². The maximum absolute atomic E-state index is 11.8. The summed E-state index contributed by atoms with van der Waals surface area (Å²) in [7, 11) is 1.55. The number of carbonyl (C=O) groups is 1. The normalized spacial score (nSPS) is 12.0. The van der Waals surface area contributed by atoms with E-state index in [-0.39, 0.29) is 18.4 Å². The third-order valence-electron chi connectivity index (χ3n) is 2.79. The lowest BCUT2D eigenvalue weighted by molar-refractivity contribution is -0.118. The summed E-state index contributed by atoms with van der Waals surface area (Å²) in [5, 5.41) is 2.85. The molecule has 1 aromatic carbocycles. The van der Waals surface area contributed by atoms with Crippen molar-refractivity contribution < 1.29 is 14.3 Å². The molecule has 0 aromatic heterocycles. The van der Waals surface area contributed by atoms with E-state index in [9.17, 15) is 4.79 Å². The van der Waals surface area contributed by atoms with Gasteiger partial charge in [0.15, 0.2) is 0 Å². The molecule has 0 saturated carbocycles. The van der Waals surface area contributed by atoms with Crippen molar-refractivity contribution in [1.82, 2.24) is 0 Å². The Balaban J connectivity index is 2.64. The first kappa shape index (κ1) is 15.5. The van der Waals surface area contributed by atoms with E-state index >= 15 is 0 Å². The van der Waals surface area contributed by atoms with Crippen LogP contribution in [0.4, 0.5) is 5.69 Å². The van der Waals surface area contributed by atoms with Gasteiger partial charge >= 0.3 is 0 Å². The highest BCUT2D eigenvalue weighted by Crippen LogP contribution is 2.21. The van der Waals surface area contributed by atoms with Crippen LogP contribution < -0.4 is 15.8 Å². The van der Waals surface area contributed by atoms with E-state index in [1.165, 1.54) is 0 Å². The molecule has 5 nitrogen and oxygen atoms in total. The van der Waals surface area contributed by atoms with Crippen molar-refractivity contribution in [3.63, 3.8) is 0 Å². The Kier molecular flexibility index (Phi) is 6.32. The van der Waals surface area contributed by atoms with Gasteiger partial charge in [0.1, 0.15) is 5.75 Å². The van der Waals surface area contributed by atoms with Crippen LogP contribution in [0.25, 0.3) is 0 Å². The predicted octanol–water partition coefficient (Wildman–Crippen LogP) is 1.70. The SMILES string of the molecule is CCOc1ccc(NC(=O)CC(CN)OC)c(C)c1. The molecule has 3 N–H and O–H groups in total. The van der Waals surface area contributed by atoms with Gasteiger partial charge in [-0.25, -0.2) is 0 Å². The fourth-order valence-electron chi connectivity index (χ4n) is 1.70. The number of anilines is 1. The van der Waals surface area contributed by atoms with Gasteiger partial charge in [-0.1, -0.05) is 0 Å². The van der Waals surface area contributed by atoms with Crippen LogP contribution in [-0.4, -0.2) is 32.3 Å². The van der Waals surface area contributed by atoms with Crippen LogP contribution in [0.5, 0.6) is 5.75 Å². The summed E-state index contributed by atoms with van der Waals surface area (Å²) in [6.07, 6.45) is 0.00244. The molecule has 0 spiro atoms. The summed E-state index contributed by atoms with van der Waals surface area (Å²) in [6.45, 7) is 4.81. The van der Waals surface area contributed by atoms with Crippen molar-refractivity contribution in [3.8, 4) is 5.75 Å². The lowest BCUT2D eigenvalue weighted by Crippen LogP contribution is -2.28. The molecule has 0 saturated heterocycles. The molecule has 1 unspecified atom stereocenters. The number of hydrogen-bond acceptors (Lipinski definition) is 4. The van der Waals surface area contributed by atoms with Gasteiger partial charge in [0.25, 0.3) is 0 Å². The zero-order chi connectivity index (χ0) is 14.3. The maximum atomic E-state index is 11.8. The van der Waals surface area contributed by atoms with E-state index in [1.54, 1.807) is 7.11 Å². The fraction of sp³-hybridized carbons (Fsp3) is 0.500. The first-order chi connectivity index (χ1) is 9.10. The van der Waals surface area contributed by atoms with Crippen LogP contribution in [0.15, 0.2) is 18.2 Å². The molecule has 0 bridgehead atoms. The number of benzene rings is 1. The second-order valence-electron chi connectivity index (χ2n) is 4.26. The number of hydrogen-bond donors (Lipinski definition) is 2. The second kappa shape index (κ2) is 7.76. The molecule has 19 heavy (non-hydrogen) atoms. The molecule has 0 heterocycles. The Labute approximate surface area is 114 Å². The molecule has 1 amide bonds. The van der Waals surface area contributed by atoms with Crippen molar-refractivity contribution >= 4 is 11.6 Å². The number of amides is 1. The highest BCUT2D eigenvalue weighted by atomic mass is 16.5. The number of carbonyl (C=O) groups excluding carboxylic acids is 1. The highest BCUT2D eigenvalue weighted by molar-refractivity contribution is 5.91. The van der Waals surface area contributed by atoms with Gasteiger partial charge in [-0.3, -0.25) is 4.79 Å². The smallest absolute Gasteiger partial charge is 0.227 e. The lowest BCUT2D eigenvalue weighted by atomic mass is 10.1. The van der Waals surface area contributed by atoms with Crippen LogP contribution >= 0.6 is 0 Å². The number of ether oxygens (including phenoxy) is 2. The van der Waals surface area contributed by atoms with Gasteiger partial charge in [0.05, 0.1) is 19.1 Å². The maximum Gasteiger partial charge on any atom is 0.227 e. The monoisotopic (exact) mass is 266 g/mol. The van der Waals surface area contributed by atoms with E-state index < -0.39 is 0 Å². The van der Waals surface area contributed by atoms with E-state index in [0.29, 0.717) is 13.2 Å². The van der Waals surface area contributed by atoms with Crippen LogP contribution in [0.2, 0.25) is 0 Å². The summed E-state index contributed by atoms with van der Waals surface area (Å²) in [4.78, 5) is 11.8. The Hall–Kier alpha value is -1.59. The van der Waals surface area contributed by atoms with Crippen molar-refractivity contribution in [3.05, 3.63) is 23.8 Å². The van der Waals surface area contributed by atoms with Crippen molar-refractivity contribution in [1.29, 1.82) is 0 Å². The molecular weight excluding hydrogens is 244 g/mol. The molecule has 106 valence electrons. The zero-order valence-corrected chi connectivity index (χ0v) is 11.7. The molecule has 5 heteroatoms. The number of nitrogens with one attached hydrogen (secondary N) is 1. The molecule has 0 aliphatic heterocycles. The van der Waals surface area contributed by atoms with Gasteiger partial charge in [0, 0.05) is 19.3 Å².